The third-order valence-electron chi connectivity index (χ3n) is 3.96. The minimum atomic E-state index is -1.11. The maximum Gasteiger partial charge on any atom is 0.339 e. The predicted molar refractivity (Wildman–Crippen MR) is 84.9 cm³/mol. The van der Waals surface area contributed by atoms with Crippen molar-refractivity contribution in [3.05, 3.63) is 65.0 Å². The fraction of sp³-hybridized carbons (Fsp3) is 0.278. The van der Waals surface area contributed by atoms with E-state index >= 15 is 0 Å². The van der Waals surface area contributed by atoms with E-state index < -0.39 is 11.9 Å². The standard InChI is InChI=1S/C18H17NO5/c1-23-18(22)12-7-14(17(20)21)16(19-9-12)13-8-15(13)24-10-11-5-3-2-4-6-11/h2-7,9,13,15H,8,10H2,1H3,(H,20,21). The molecule has 6 heteroatoms. The van der Waals surface area contributed by atoms with Gasteiger partial charge in [0.05, 0.1) is 36.6 Å². The van der Waals surface area contributed by atoms with Gasteiger partial charge in [0.1, 0.15) is 0 Å². The normalized spacial score (nSPS) is 18.9. The molecule has 3 rings (SSSR count). The highest BCUT2D eigenvalue weighted by atomic mass is 16.5. The van der Waals surface area contributed by atoms with E-state index in [4.69, 9.17) is 4.74 Å². The number of methoxy groups -OCH3 is 1. The van der Waals surface area contributed by atoms with Gasteiger partial charge in [-0.15, -0.1) is 0 Å². The Labute approximate surface area is 139 Å². The Morgan fingerprint density at radius 2 is 2.04 bits per heavy atom. The average Bonchev–Trinajstić information content (AvgIpc) is 3.39. The van der Waals surface area contributed by atoms with Gasteiger partial charge in [0.2, 0.25) is 0 Å². The first-order valence-electron chi connectivity index (χ1n) is 7.57. The molecule has 1 aromatic carbocycles. The number of rotatable bonds is 6. The number of nitrogens with zero attached hydrogens (tertiary/aromatic N) is 1. The highest BCUT2D eigenvalue weighted by Crippen LogP contribution is 2.44. The second-order valence-electron chi connectivity index (χ2n) is 5.63. The zero-order valence-corrected chi connectivity index (χ0v) is 13.1. The Hall–Kier alpha value is -2.73. The van der Waals surface area contributed by atoms with Crippen LogP contribution >= 0.6 is 0 Å². The summed E-state index contributed by atoms with van der Waals surface area (Å²) in [7, 11) is 1.24. The number of pyridine rings is 1. The third kappa shape index (κ3) is 3.44. The van der Waals surface area contributed by atoms with E-state index in [0.717, 1.165) is 12.0 Å². The van der Waals surface area contributed by atoms with Gasteiger partial charge in [0.25, 0.3) is 0 Å². The number of aromatic nitrogens is 1. The lowest BCUT2D eigenvalue weighted by Crippen LogP contribution is -2.10. The number of esters is 1. The summed E-state index contributed by atoms with van der Waals surface area (Å²) >= 11 is 0. The van der Waals surface area contributed by atoms with Crippen LogP contribution in [0.25, 0.3) is 0 Å². The van der Waals surface area contributed by atoms with Crippen LogP contribution in [-0.2, 0) is 16.1 Å². The number of carbonyl (C=O) groups excluding carboxylic acids is 1. The molecule has 2 atom stereocenters. The molecular weight excluding hydrogens is 310 g/mol. The molecule has 1 saturated carbocycles. The summed E-state index contributed by atoms with van der Waals surface area (Å²) in [6.07, 6.45) is 2.01. The molecule has 1 aliphatic rings. The summed E-state index contributed by atoms with van der Waals surface area (Å²) in [6.45, 7) is 0.477. The highest BCUT2D eigenvalue weighted by Gasteiger charge is 2.43. The minimum absolute atomic E-state index is 0.0220. The number of carboxylic acids is 1. The predicted octanol–water partition coefficient (Wildman–Crippen LogP) is 2.64. The van der Waals surface area contributed by atoms with E-state index in [1.165, 1.54) is 19.4 Å². The molecular formula is C18H17NO5. The third-order valence-corrected chi connectivity index (χ3v) is 3.96. The summed E-state index contributed by atoms with van der Waals surface area (Å²) in [4.78, 5) is 27.2. The summed E-state index contributed by atoms with van der Waals surface area (Å²) in [5.74, 6) is -1.78. The molecule has 0 amide bonds. The summed E-state index contributed by atoms with van der Waals surface area (Å²) in [5, 5.41) is 9.38. The average molecular weight is 327 g/mol. The maximum atomic E-state index is 11.5. The van der Waals surface area contributed by atoms with Crippen molar-refractivity contribution in [2.24, 2.45) is 0 Å². The molecule has 1 fully saturated rings. The quantitative estimate of drug-likeness (QED) is 0.821. The molecule has 1 N–H and O–H groups in total. The van der Waals surface area contributed by atoms with Gasteiger partial charge in [-0.2, -0.15) is 0 Å². The molecule has 1 heterocycles. The van der Waals surface area contributed by atoms with E-state index in [0.29, 0.717) is 12.3 Å². The zero-order chi connectivity index (χ0) is 17.1. The summed E-state index contributed by atoms with van der Waals surface area (Å²) < 4.78 is 10.4. The molecule has 0 saturated heterocycles. The van der Waals surface area contributed by atoms with Crippen molar-refractivity contribution in [2.45, 2.75) is 25.0 Å². The second-order valence-corrected chi connectivity index (χ2v) is 5.63. The first-order valence-corrected chi connectivity index (χ1v) is 7.57. The lowest BCUT2D eigenvalue weighted by atomic mass is 10.1. The van der Waals surface area contributed by atoms with Crippen LogP contribution in [0.2, 0.25) is 0 Å². The van der Waals surface area contributed by atoms with E-state index in [1.54, 1.807) is 0 Å². The molecule has 2 aromatic rings. The Morgan fingerprint density at radius 3 is 2.71 bits per heavy atom. The Balaban J connectivity index is 1.71. The second kappa shape index (κ2) is 6.80. The van der Waals surface area contributed by atoms with Gasteiger partial charge < -0.3 is 14.6 Å². The monoisotopic (exact) mass is 327 g/mol. The maximum absolute atomic E-state index is 11.5. The van der Waals surface area contributed by atoms with Gasteiger partial charge in [-0.25, -0.2) is 9.59 Å². The molecule has 0 spiro atoms. The Kier molecular flexibility index (Phi) is 4.57. The van der Waals surface area contributed by atoms with Crippen molar-refractivity contribution in [3.8, 4) is 0 Å². The number of aromatic carboxylic acids is 1. The minimum Gasteiger partial charge on any atom is -0.478 e. The van der Waals surface area contributed by atoms with Gasteiger partial charge in [-0.3, -0.25) is 4.98 Å². The van der Waals surface area contributed by atoms with Crippen LogP contribution in [0.4, 0.5) is 0 Å². The van der Waals surface area contributed by atoms with Gasteiger partial charge in [0, 0.05) is 12.1 Å². The van der Waals surface area contributed by atoms with E-state index in [-0.39, 0.29) is 23.1 Å². The number of hydrogen-bond acceptors (Lipinski definition) is 5. The van der Waals surface area contributed by atoms with Crippen LogP contribution in [0.3, 0.4) is 0 Å². The fourth-order valence-corrected chi connectivity index (χ4v) is 2.59. The molecule has 24 heavy (non-hydrogen) atoms. The SMILES string of the molecule is COC(=O)c1cnc(C2CC2OCc2ccccc2)c(C(=O)O)c1. The Morgan fingerprint density at radius 1 is 1.29 bits per heavy atom. The molecule has 0 bridgehead atoms. The van der Waals surface area contributed by atoms with Crippen molar-refractivity contribution in [1.82, 2.24) is 4.98 Å². The van der Waals surface area contributed by atoms with Gasteiger partial charge in [-0.05, 0) is 18.1 Å². The molecule has 6 nitrogen and oxygen atoms in total. The van der Waals surface area contributed by atoms with Crippen molar-refractivity contribution in [1.29, 1.82) is 0 Å². The van der Waals surface area contributed by atoms with E-state index in [2.05, 4.69) is 9.72 Å². The van der Waals surface area contributed by atoms with Crippen LogP contribution < -0.4 is 0 Å². The van der Waals surface area contributed by atoms with Crippen LogP contribution in [0.5, 0.6) is 0 Å². The van der Waals surface area contributed by atoms with Crippen LogP contribution in [0.1, 0.15) is 44.3 Å². The van der Waals surface area contributed by atoms with Crippen molar-refractivity contribution in [2.75, 3.05) is 7.11 Å². The van der Waals surface area contributed by atoms with Crippen molar-refractivity contribution >= 4 is 11.9 Å². The van der Waals surface area contributed by atoms with Gasteiger partial charge in [0.15, 0.2) is 0 Å². The molecule has 2 unspecified atom stereocenters. The molecule has 1 aromatic heterocycles. The topological polar surface area (TPSA) is 85.7 Å². The number of hydrogen-bond donors (Lipinski definition) is 1. The van der Waals surface area contributed by atoms with E-state index in [9.17, 15) is 14.7 Å². The fourth-order valence-electron chi connectivity index (χ4n) is 2.59. The Bertz CT molecular complexity index is 759. The largest absolute Gasteiger partial charge is 0.478 e. The first kappa shape index (κ1) is 16.1. The van der Waals surface area contributed by atoms with E-state index in [1.807, 2.05) is 30.3 Å². The van der Waals surface area contributed by atoms with Crippen LogP contribution in [-0.4, -0.2) is 35.2 Å². The van der Waals surface area contributed by atoms with Crippen LogP contribution in [0, 0.1) is 0 Å². The molecule has 0 radical (unpaired) electrons. The molecule has 1 aliphatic carbocycles. The summed E-state index contributed by atoms with van der Waals surface area (Å²) in [6, 6.07) is 11.1. The van der Waals surface area contributed by atoms with Crippen molar-refractivity contribution in [3.63, 3.8) is 0 Å². The molecule has 0 aliphatic heterocycles. The van der Waals surface area contributed by atoms with Crippen LogP contribution in [0.15, 0.2) is 42.6 Å². The van der Waals surface area contributed by atoms with Gasteiger partial charge >= 0.3 is 11.9 Å². The number of benzene rings is 1. The lowest BCUT2D eigenvalue weighted by molar-refractivity contribution is 0.0600. The molecule has 124 valence electrons. The summed E-state index contributed by atoms with van der Waals surface area (Å²) in [5.41, 5.74) is 1.67. The number of carbonyl (C=O) groups is 2. The smallest absolute Gasteiger partial charge is 0.339 e. The number of carboxylic acid groups (broad SMARTS) is 1. The zero-order valence-electron chi connectivity index (χ0n) is 13.1. The number of ether oxygens (including phenoxy) is 2. The lowest BCUT2D eigenvalue weighted by Gasteiger charge is -2.08. The van der Waals surface area contributed by atoms with Gasteiger partial charge in [-0.1, -0.05) is 30.3 Å². The van der Waals surface area contributed by atoms with Crippen molar-refractivity contribution < 1.29 is 24.2 Å². The highest BCUT2D eigenvalue weighted by molar-refractivity contribution is 5.95. The first-order chi connectivity index (χ1) is 11.6.